The molecule has 17 heavy (non-hydrogen) atoms. The van der Waals surface area contributed by atoms with Crippen molar-refractivity contribution in [3.05, 3.63) is 29.7 Å². The standard InChI is InChI=1S/C12H13N3O2/c16-11-9(8-3-4-13-7-8)10(12(17)14-11)15-5-1-2-6-15/h3-4,7,13H,1-2,5-6H2,(H,14,16,17). The quantitative estimate of drug-likeness (QED) is 0.727. The van der Waals surface area contributed by atoms with E-state index in [4.69, 9.17) is 0 Å². The number of aromatic nitrogens is 1. The molecule has 5 nitrogen and oxygen atoms in total. The number of imide groups is 1. The van der Waals surface area contributed by atoms with Gasteiger partial charge >= 0.3 is 0 Å². The van der Waals surface area contributed by atoms with Crippen LogP contribution in [-0.4, -0.2) is 34.8 Å². The number of carbonyl (C=O) groups is 2. The van der Waals surface area contributed by atoms with Crippen LogP contribution in [0.3, 0.4) is 0 Å². The molecule has 1 fully saturated rings. The van der Waals surface area contributed by atoms with Crippen molar-refractivity contribution in [3.8, 4) is 0 Å². The molecule has 0 spiro atoms. The van der Waals surface area contributed by atoms with E-state index >= 15 is 0 Å². The van der Waals surface area contributed by atoms with Crippen LogP contribution in [0.4, 0.5) is 0 Å². The van der Waals surface area contributed by atoms with E-state index in [0.717, 1.165) is 31.5 Å². The molecule has 0 saturated carbocycles. The average Bonchev–Trinajstić information content (AvgIpc) is 2.98. The maximum Gasteiger partial charge on any atom is 0.275 e. The second kappa shape index (κ2) is 3.76. The predicted molar refractivity (Wildman–Crippen MR) is 61.7 cm³/mol. The second-order valence-corrected chi connectivity index (χ2v) is 4.30. The van der Waals surface area contributed by atoms with Gasteiger partial charge in [0.2, 0.25) is 0 Å². The van der Waals surface area contributed by atoms with Crippen molar-refractivity contribution >= 4 is 17.4 Å². The topological polar surface area (TPSA) is 65.2 Å². The van der Waals surface area contributed by atoms with Crippen LogP contribution in [0.15, 0.2) is 24.2 Å². The summed E-state index contributed by atoms with van der Waals surface area (Å²) in [6, 6.07) is 1.81. The summed E-state index contributed by atoms with van der Waals surface area (Å²) in [5.74, 6) is -0.565. The Kier molecular flexibility index (Phi) is 2.24. The molecular formula is C12H13N3O2. The first-order chi connectivity index (χ1) is 8.27. The van der Waals surface area contributed by atoms with Crippen molar-refractivity contribution in [3.63, 3.8) is 0 Å². The molecule has 0 aromatic carbocycles. The molecule has 1 aromatic heterocycles. The molecule has 88 valence electrons. The first-order valence-corrected chi connectivity index (χ1v) is 5.75. The molecule has 2 aliphatic heterocycles. The minimum absolute atomic E-state index is 0.270. The zero-order chi connectivity index (χ0) is 11.8. The van der Waals surface area contributed by atoms with Crippen LogP contribution >= 0.6 is 0 Å². The number of aromatic amines is 1. The van der Waals surface area contributed by atoms with E-state index in [1.165, 1.54) is 0 Å². The van der Waals surface area contributed by atoms with Gasteiger partial charge in [0, 0.05) is 31.0 Å². The number of carbonyl (C=O) groups excluding carboxylic acids is 2. The summed E-state index contributed by atoms with van der Waals surface area (Å²) in [5.41, 5.74) is 1.81. The molecule has 1 aromatic rings. The van der Waals surface area contributed by atoms with E-state index < -0.39 is 0 Å². The Balaban J connectivity index is 2.09. The first-order valence-electron chi connectivity index (χ1n) is 5.75. The maximum atomic E-state index is 11.8. The minimum atomic E-state index is -0.295. The Morgan fingerprint density at radius 3 is 2.53 bits per heavy atom. The number of nitrogens with zero attached hydrogens (tertiary/aromatic N) is 1. The average molecular weight is 231 g/mol. The number of amides is 2. The zero-order valence-electron chi connectivity index (χ0n) is 9.32. The number of hydrogen-bond donors (Lipinski definition) is 2. The normalized spacial score (nSPS) is 20.4. The lowest BCUT2D eigenvalue weighted by Crippen LogP contribution is -2.29. The van der Waals surface area contributed by atoms with Crippen LogP contribution in [0, 0.1) is 0 Å². The monoisotopic (exact) mass is 231 g/mol. The van der Waals surface area contributed by atoms with Gasteiger partial charge in [0.05, 0.1) is 5.57 Å². The molecule has 0 bridgehead atoms. The van der Waals surface area contributed by atoms with E-state index in [0.29, 0.717) is 11.3 Å². The largest absolute Gasteiger partial charge is 0.367 e. The van der Waals surface area contributed by atoms with Crippen molar-refractivity contribution in [2.75, 3.05) is 13.1 Å². The van der Waals surface area contributed by atoms with Crippen LogP contribution < -0.4 is 5.32 Å². The van der Waals surface area contributed by atoms with Crippen LogP contribution in [0.1, 0.15) is 18.4 Å². The molecule has 0 atom stereocenters. The lowest BCUT2D eigenvalue weighted by Gasteiger charge is -2.17. The Morgan fingerprint density at radius 1 is 1.12 bits per heavy atom. The fourth-order valence-corrected chi connectivity index (χ4v) is 2.44. The van der Waals surface area contributed by atoms with Crippen LogP contribution in [0.2, 0.25) is 0 Å². The summed E-state index contributed by atoms with van der Waals surface area (Å²) >= 11 is 0. The number of hydrogen-bond acceptors (Lipinski definition) is 3. The Labute approximate surface area is 98.5 Å². The summed E-state index contributed by atoms with van der Waals surface area (Å²) in [6.45, 7) is 1.70. The molecule has 0 unspecified atom stereocenters. The predicted octanol–water partition coefficient (Wildman–Crippen LogP) is 0.478. The van der Waals surface area contributed by atoms with Gasteiger partial charge in [0.15, 0.2) is 0 Å². The fraction of sp³-hybridized carbons (Fsp3) is 0.333. The molecule has 2 aliphatic rings. The fourth-order valence-electron chi connectivity index (χ4n) is 2.44. The summed E-state index contributed by atoms with van der Waals surface area (Å²) in [5, 5.41) is 2.37. The highest BCUT2D eigenvalue weighted by Crippen LogP contribution is 2.28. The third kappa shape index (κ3) is 1.54. The van der Waals surface area contributed by atoms with Crippen LogP contribution in [-0.2, 0) is 9.59 Å². The smallest absolute Gasteiger partial charge is 0.275 e. The molecule has 0 aliphatic carbocycles. The SMILES string of the molecule is O=C1NC(=O)C(N2CCCC2)=C1c1cc[nH]c1. The minimum Gasteiger partial charge on any atom is -0.367 e. The van der Waals surface area contributed by atoms with Crippen LogP contribution in [0.5, 0.6) is 0 Å². The van der Waals surface area contributed by atoms with E-state index in [1.807, 2.05) is 11.0 Å². The van der Waals surface area contributed by atoms with Gasteiger partial charge < -0.3 is 9.88 Å². The van der Waals surface area contributed by atoms with Crippen molar-refractivity contribution in [1.82, 2.24) is 15.2 Å². The van der Waals surface area contributed by atoms with Gasteiger partial charge in [-0.2, -0.15) is 0 Å². The highest BCUT2D eigenvalue weighted by molar-refractivity contribution is 6.35. The summed E-state index contributed by atoms with van der Waals surface area (Å²) in [6.07, 6.45) is 5.64. The number of rotatable bonds is 2. The van der Waals surface area contributed by atoms with Gasteiger partial charge in [0.1, 0.15) is 5.70 Å². The second-order valence-electron chi connectivity index (χ2n) is 4.30. The third-order valence-corrected chi connectivity index (χ3v) is 3.21. The van der Waals surface area contributed by atoms with Gasteiger partial charge in [-0.25, -0.2) is 0 Å². The van der Waals surface area contributed by atoms with Gasteiger partial charge in [-0.15, -0.1) is 0 Å². The zero-order valence-corrected chi connectivity index (χ0v) is 9.32. The molecular weight excluding hydrogens is 218 g/mol. The summed E-state index contributed by atoms with van der Waals surface area (Å²) < 4.78 is 0. The number of likely N-dealkylation sites (tertiary alicyclic amines) is 1. The van der Waals surface area contributed by atoms with Gasteiger partial charge in [-0.05, 0) is 18.9 Å². The van der Waals surface area contributed by atoms with E-state index in [1.54, 1.807) is 12.4 Å². The number of nitrogens with one attached hydrogen (secondary N) is 2. The van der Waals surface area contributed by atoms with Gasteiger partial charge in [-0.3, -0.25) is 14.9 Å². The van der Waals surface area contributed by atoms with Crippen molar-refractivity contribution in [1.29, 1.82) is 0 Å². The summed E-state index contributed by atoms with van der Waals surface area (Å²) in [4.78, 5) is 28.6. The Morgan fingerprint density at radius 2 is 1.88 bits per heavy atom. The lowest BCUT2D eigenvalue weighted by atomic mass is 10.1. The first kappa shape index (κ1) is 10.1. The maximum absolute atomic E-state index is 11.8. The Bertz CT molecular complexity index is 496. The molecule has 3 heterocycles. The number of H-pyrrole nitrogens is 1. The Hall–Kier alpha value is -2.04. The molecule has 0 radical (unpaired) electrons. The van der Waals surface area contributed by atoms with Gasteiger partial charge in [0.25, 0.3) is 11.8 Å². The lowest BCUT2D eigenvalue weighted by molar-refractivity contribution is -0.124. The third-order valence-electron chi connectivity index (χ3n) is 3.21. The van der Waals surface area contributed by atoms with E-state index in [-0.39, 0.29) is 11.8 Å². The highest BCUT2D eigenvalue weighted by atomic mass is 16.2. The molecule has 5 heteroatoms. The molecule has 2 N–H and O–H groups in total. The van der Waals surface area contributed by atoms with Crippen LogP contribution in [0.25, 0.3) is 5.57 Å². The molecule has 3 rings (SSSR count). The molecule has 2 amide bonds. The van der Waals surface area contributed by atoms with E-state index in [9.17, 15) is 9.59 Å². The molecule has 1 saturated heterocycles. The van der Waals surface area contributed by atoms with Gasteiger partial charge in [-0.1, -0.05) is 0 Å². The highest BCUT2D eigenvalue weighted by Gasteiger charge is 2.35. The van der Waals surface area contributed by atoms with Crippen molar-refractivity contribution in [2.24, 2.45) is 0 Å². The van der Waals surface area contributed by atoms with E-state index in [2.05, 4.69) is 10.3 Å². The summed E-state index contributed by atoms with van der Waals surface area (Å²) in [7, 11) is 0. The van der Waals surface area contributed by atoms with Crippen molar-refractivity contribution < 1.29 is 9.59 Å². The van der Waals surface area contributed by atoms with Crippen molar-refractivity contribution in [2.45, 2.75) is 12.8 Å².